The number of hydrogen-bond donors (Lipinski definition) is 1. The summed E-state index contributed by atoms with van der Waals surface area (Å²) in [5.74, 6) is -0.719. The maximum absolute atomic E-state index is 15.2. The second kappa shape index (κ2) is 11.4. The zero-order valence-corrected chi connectivity index (χ0v) is 21.2. The molecule has 1 atom stereocenters. The van der Waals surface area contributed by atoms with E-state index in [1.807, 2.05) is 36.4 Å². The molecule has 196 valence electrons. The van der Waals surface area contributed by atoms with Crippen molar-refractivity contribution in [3.05, 3.63) is 89.7 Å². The van der Waals surface area contributed by atoms with E-state index in [0.29, 0.717) is 16.8 Å². The van der Waals surface area contributed by atoms with Crippen LogP contribution in [0.1, 0.15) is 42.9 Å². The van der Waals surface area contributed by atoms with Gasteiger partial charge in [-0.1, -0.05) is 60.5 Å². The van der Waals surface area contributed by atoms with Gasteiger partial charge < -0.3 is 15.0 Å². The topological polar surface area (TPSA) is 89.3 Å². The Hall–Kier alpha value is -4.27. The molecule has 2 amide bonds. The third-order valence-corrected chi connectivity index (χ3v) is 6.97. The number of carbonyl (C=O) groups excluding carboxylic acids is 2. The zero-order chi connectivity index (χ0) is 26.5. The lowest BCUT2D eigenvalue weighted by molar-refractivity contribution is -0.142. The third kappa shape index (κ3) is 5.51. The monoisotopic (exact) mass is 515 g/mol. The van der Waals surface area contributed by atoms with Crippen LogP contribution < -0.4 is 10.1 Å². The second-order valence-electron chi connectivity index (χ2n) is 9.52. The molecule has 3 aromatic carbocycles. The molecule has 0 bridgehead atoms. The van der Waals surface area contributed by atoms with E-state index in [1.165, 1.54) is 15.6 Å². The molecule has 0 spiro atoms. The average molecular weight is 516 g/mol. The molecule has 1 saturated carbocycles. The van der Waals surface area contributed by atoms with E-state index >= 15 is 4.39 Å². The number of amides is 2. The van der Waals surface area contributed by atoms with Crippen LogP contribution in [-0.4, -0.2) is 44.9 Å². The summed E-state index contributed by atoms with van der Waals surface area (Å²) in [5, 5.41) is 11.4. The summed E-state index contributed by atoms with van der Waals surface area (Å²) in [5.41, 5.74) is 2.24. The summed E-state index contributed by atoms with van der Waals surface area (Å²) in [6.07, 6.45) is 3.79. The highest BCUT2D eigenvalue weighted by molar-refractivity contribution is 5.89. The number of fused-ring (bicyclic) bond motifs is 1. The number of para-hydroxylation sites is 1. The quantitative estimate of drug-likeness (QED) is 0.357. The lowest BCUT2D eigenvalue weighted by atomic mass is 10.0. The molecule has 0 radical (unpaired) electrons. The first-order valence-electron chi connectivity index (χ1n) is 12.8. The molecule has 1 aliphatic rings. The molecule has 9 heteroatoms. The average Bonchev–Trinajstić information content (AvgIpc) is 3.59. The molecular formula is C29H30FN5O3. The molecule has 0 saturated heterocycles. The number of ether oxygens (including phenoxy) is 1. The maximum atomic E-state index is 15.2. The molecule has 1 N–H and O–H groups in total. The summed E-state index contributed by atoms with van der Waals surface area (Å²) in [6.45, 7) is -0.0914. The van der Waals surface area contributed by atoms with Gasteiger partial charge in [-0.05, 0) is 48.7 Å². The number of rotatable bonds is 9. The lowest BCUT2D eigenvalue weighted by Crippen LogP contribution is -2.47. The maximum Gasteiger partial charge on any atom is 0.247 e. The van der Waals surface area contributed by atoms with Crippen LogP contribution in [0.5, 0.6) is 5.75 Å². The molecule has 0 unspecified atom stereocenters. The van der Waals surface area contributed by atoms with E-state index in [4.69, 9.17) is 4.74 Å². The van der Waals surface area contributed by atoms with Crippen LogP contribution in [0, 0.1) is 5.82 Å². The minimum absolute atomic E-state index is 0.00445. The Morgan fingerprint density at radius 3 is 2.63 bits per heavy atom. The first-order chi connectivity index (χ1) is 18.5. The van der Waals surface area contributed by atoms with Crippen molar-refractivity contribution in [3.8, 4) is 5.75 Å². The lowest BCUT2D eigenvalue weighted by Gasteiger charge is -2.32. The van der Waals surface area contributed by atoms with E-state index in [-0.39, 0.29) is 24.7 Å². The summed E-state index contributed by atoms with van der Waals surface area (Å²) < 4.78 is 22.1. The molecule has 38 heavy (non-hydrogen) atoms. The van der Waals surface area contributed by atoms with Gasteiger partial charge in [0.1, 0.15) is 29.7 Å². The van der Waals surface area contributed by atoms with Gasteiger partial charge in [-0.25, -0.2) is 9.07 Å². The molecule has 5 rings (SSSR count). The van der Waals surface area contributed by atoms with E-state index in [0.717, 1.165) is 31.2 Å². The normalized spacial score (nSPS) is 14.4. The van der Waals surface area contributed by atoms with Crippen molar-refractivity contribution in [1.82, 2.24) is 25.2 Å². The van der Waals surface area contributed by atoms with E-state index < -0.39 is 23.7 Å². The number of hydrogen-bond acceptors (Lipinski definition) is 5. The Morgan fingerprint density at radius 2 is 1.84 bits per heavy atom. The summed E-state index contributed by atoms with van der Waals surface area (Å²) in [4.78, 5) is 29.2. The highest BCUT2D eigenvalue weighted by Crippen LogP contribution is 2.29. The fourth-order valence-corrected chi connectivity index (χ4v) is 5.04. The summed E-state index contributed by atoms with van der Waals surface area (Å²) >= 11 is 0. The second-order valence-corrected chi connectivity index (χ2v) is 9.52. The van der Waals surface area contributed by atoms with Crippen LogP contribution in [-0.2, 0) is 22.7 Å². The van der Waals surface area contributed by atoms with Gasteiger partial charge in [0.15, 0.2) is 0 Å². The zero-order valence-electron chi connectivity index (χ0n) is 21.2. The van der Waals surface area contributed by atoms with Crippen molar-refractivity contribution in [2.75, 3.05) is 7.11 Å². The summed E-state index contributed by atoms with van der Waals surface area (Å²) in [6, 6.07) is 19.6. The van der Waals surface area contributed by atoms with Gasteiger partial charge in [-0.15, -0.1) is 5.10 Å². The number of methoxy groups -OCH3 is 1. The van der Waals surface area contributed by atoms with Crippen LogP contribution in [0.15, 0.2) is 72.8 Å². The van der Waals surface area contributed by atoms with Crippen molar-refractivity contribution < 1.29 is 18.7 Å². The van der Waals surface area contributed by atoms with Crippen molar-refractivity contribution in [3.63, 3.8) is 0 Å². The molecule has 1 heterocycles. The molecule has 1 fully saturated rings. The third-order valence-electron chi connectivity index (χ3n) is 6.97. The van der Waals surface area contributed by atoms with Gasteiger partial charge in [0.25, 0.3) is 0 Å². The Bertz CT molecular complexity index is 1430. The van der Waals surface area contributed by atoms with Gasteiger partial charge in [0.05, 0.1) is 12.6 Å². The number of nitrogens with one attached hydrogen (secondary N) is 1. The van der Waals surface area contributed by atoms with E-state index in [1.54, 1.807) is 37.4 Å². The van der Waals surface area contributed by atoms with Crippen LogP contribution in [0.3, 0.4) is 0 Å². The minimum atomic E-state index is -1.18. The number of halogens is 1. The van der Waals surface area contributed by atoms with Crippen LogP contribution in [0.4, 0.5) is 4.39 Å². The molecular weight excluding hydrogens is 485 g/mol. The standard InChI is InChI=1S/C29H30FN5O3/c1-38-22-12-8-9-20(17-22)18-34(27(36)19-35-26-16-7-6-15-25(26)32-33-35)28(23-13-4-5-14-24(23)30)29(37)31-21-10-2-3-11-21/h4-9,12-17,21,28H,2-3,10-11,18-19H2,1H3,(H,31,37)/t28-/m1/s1. The number of nitrogens with zero attached hydrogens (tertiary/aromatic N) is 4. The molecule has 1 aromatic heterocycles. The van der Waals surface area contributed by atoms with Gasteiger partial charge in [-0.3, -0.25) is 9.59 Å². The molecule has 8 nitrogen and oxygen atoms in total. The van der Waals surface area contributed by atoms with Gasteiger partial charge in [-0.2, -0.15) is 0 Å². The first-order valence-corrected chi connectivity index (χ1v) is 12.8. The van der Waals surface area contributed by atoms with Crippen LogP contribution in [0.25, 0.3) is 11.0 Å². The van der Waals surface area contributed by atoms with E-state index in [2.05, 4.69) is 15.6 Å². The number of carbonyl (C=O) groups is 2. The number of benzene rings is 3. The Kier molecular flexibility index (Phi) is 7.62. The Labute approximate surface area is 220 Å². The smallest absolute Gasteiger partial charge is 0.247 e. The fraction of sp³-hybridized carbons (Fsp3) is 0.310. The van der Waals surface area contributed by atoms with Crippen LogP contribution in [0.2, 0.25) is 0 Å². The SMILES string of the molecule is COc1cccc(CN(C(=O)Cn2nnc3ccccc32)[C@@H](C(=O)NC2CCCC2)c2ccccc2F)c1. The minimum Gasteiger partial charge on any atom is -0.497 e. The summed E-state index contributed by atoms with van der Waals surface area (Å²) in [7, 11) is 1.56. The van der Waals surface area contributed by atoms with Crippen molar-refractivity contribution in [2.24, 2.45) is 0 Å². The predicted octanol–water partition coefficient (Wildman–Crippen LogP) is 4.41. The van der Waals surface area contributed by atoms with Crippen molar-refractivity contribution in [1.29, 1.82) is 0 Å². The van der Waals surface area contributed by atoms with Crippen molar-refractivity contribution >= 4 is 22.8 Å². The van der Waals surface area contributed by atoms with Crippen molar-refractivity contribution in [2.45, 2.75) is 50.9 Å². The van der Waals surface area contributed by atoms with Gasteiger partial charge in [0.2, 0.25) is 11.8 Å². The molecule has 4 aromatic rings. The van der Waals surface area contributed by atoms with Gasteiger partial charge >= 0.3 is 0 Å². The Balaban J connectivity index is 1.55. The first kappa shape index (κ1) is 25.4. The predicted molar refractivity (Wildman–Crippen MR) is 141 cm³/mol. The Morgan fingerprint density at radius 1 is 1.08 bits per heavy atom. The molecule has 1 aliphatic carbocycles. The largest absolute Gasteiger partial charge is 0.497 e. The molecule has 0 aliphatic heterocycles. The fourth-order valence-electron chi connectivity index (χ4n) is 5.04. The van der Waals surface area contributed by atoms with Gasteiger partial charge in [0, 0.05) is 18.2 Å². The highest BCUT2D eigenvalue weighted by atomic mass is 19.1. The van der Waals surface area contributed by atoms with Crippen LogP contribution >= 0.6 is 0 Å². The number of aromatic nitrogens is 3. The van der Waals surface area contributed by atoms with E-state index in [9.17, 15) is 9.59 Å². The highest BCUT2D eigenvalue weighted by Gasteiger charge is 2.35.